The molecule has 0 fully saturated rings. The summed E-state index contributed by atoms with van der Waals surface area (Å²) < 4.78 is 5.48. The van der Waals surface area contributed by atoms with E-state index in [1.807, 2.05) is 0 Å². The molecule has 3 heteroatoms. The van der Waals surface area contributed by atoms with Crippen LogP contribution in [-0.4, -0.2) is 32.1 Å². The van der Waals surface area contributed by atoms with E-state index in [1.165, 1.54) is 17.5 Å². The average Bonchev–Trinajstić information content (AvgIpc) is 2.43. The molecule has 3 nitrogen and oxygen atoms in total. The van der Waals surface area contributed by atoms with Crippen molar-refractivity contribution in [3.63, 3.8) is 0 Å². The number of methoxy groups -OCH3 is 1. The van der Waals surface area contributed by atoms with Crippen molar-refractivity contribution in [1.82, 2.24) is 10.2 Å². The highest BCUT2D eigenvalue weighted by Crippen LogP contribution is 2.21. The van der Waals surface area contributed by atoms with Gasteiger partial charge < -0.3 is 15.0 Å². The van der Waals surface area contributed by atoms with Crippen LogP contribution < -0.4 is 10.1 Å². The monoisotopic (exact) mass is 278 g/mol. The minimum atomic E-state index is 0.749. The first-order valence-corrected chi connectivity index (χ1v) is 7.61. The Labute approximate surface area is 124 Å². The summed E-state index contributed by atoms with van der Waals surface area (Å²) in [5.74, 6) is 1.74. The molecule has 0 spiro atoms. The van der Waals surface area contributed by atoms with Crippen LogP contribution in [0.1, 0.15) is 38.3 Å². The minimum Gasteiger partial charge on any atom is -0.496 e. The quantitative estimate of drug-likeness (QED) is 0.750. The van der Waals surface area contributed by atoms with Crippen LogP contribution in [0.3, 0.4) is 0 Å². The summed E-state index contributed by atoms with van der Waals surface area (Å²) in [7, 11) is 3.93. The Morgan fingerprint density at radius 1 is 1.30 bits per heavy atom. The van der Waals surface area contributed by atoms with Crippen molar-refractivity contribution in [1.29, 1.82) is 0 Å². The Bertz CT molecular complexity index is 391. The molecule has 0 unspecified atom stereocenters. The van der Waals surface area contributed by atoms with Crippen molar-refractivity contribution in [3.8, 4) is 5.75 Å². The second-order valence-corrected chi connectivity index (χ2v) is 5.85. The minimum absolute atomic E-state index is 0.749. The summed E-state index contributed by atoms with van der Waals surface area (Å²) in [6.45, 7) is 10.6. The second kappa shape index (κ2) is 8.98. The van der Waals surface area contributed by atoms with Gasteiger partial charge in [-0.15, -0.1) is 0 Å². The molecule has 0 heterocycles. The predicted octanol–water partition coefficient (Wildman–Crippen LogP) is 3.28. The Morgan fingerprint density at radius 3 is 2.65 bits per heavy atom. The fourth-order valence-corrected chi connectivity index (χ4v) is 2.18. The number of ether oxygens (including phenoxy) is 1. The van der Waals surface area contributed by atoms with Gasteiger partial charge in [0.2, 0.25) is 0 Å². The molecule has 0 aliphatic carbocycles. The van der Waals surface area contributed by atoms with Crippen LogP contribution in [0.25, 0.3) is 0 Å². The summed E-state index contributed by atoms with van der Waals surface area (Å²) in [5.41, 5.74) is 2.59. The summed E-state index contributed by atoms with van der Waals surface area (Å²) in [5, 5.41) is 3.37. The third-order valence-corrected chi connectivity index (χ3v) is 3.45. The highest BCUT2D eigenvalue weighted by Gasteiger charge is 2.08. The Morgan fingerprint density at radius 2 is 2.05 bits per heavy atom. The molecule has 0 atom stereocenters. The van der Waals surface area contributed by atoms with E-state index in [-0.39, 0.29) is 0 Å². The topological polar surface area (TPSA) is 24.5 Å². The van der Waals surface area contributed by atoms with Crippen LogP contribution in [-0.2, 0) is 13.1 Å². The lowest BCUT2D eigenvalue weighted by Gasteiger charge is -2.20. The number of rotatable bonds is 9. The maximum absolute atomic E-state index is 5.48. The number of benzene rings is 1. The van der Waals surface area contributed by atoms with Crippen LogP contribution in [0.4, 0.5) is 0 Å². The highest BCUT2D eigenvalue weighted by atomic mass is 16.5. The van der Waals surface area contributed by atoms with Crippen molar-refractivity contribution in [3.05, 3.63) is 29.3 Å². The predicted molar refractivity (Wildman–Crippen MR) is 86.2 cm³/mol. The van der Waals surface area contributed by atoms with Crippen molar-refractivity contribution in [2.24, 2.45) is 5.92 Å². The van der Waals surface area contributed by atoms with Gasteiger partial charge in [0.1, 0.15) is 5.75 Å². The standard InChI is InChI=1S/C17H30N2O/c1-6-18-12-15-7-8-17(20-5)16(11-15)13-19(4)10-9-14(2)3/h7-8,11,14,18H,6,9-10,12-13H2,1-5H3. The molecule has 0 aliphatic rings. The molecule has 1 aromatic rings. The molecule has 1 rings (SSSR count). The fourth-order valence-electron chi connectivity index (χ4n) is 2.18. The zero-order chi connectivity index (χ0) is 15.0. The van der Waals surface area contributed by atoms with Crippen LogP contribution in [0.15, 0.2) is 18.2 Å². The van der Waals surface area contributed by atoms with Crippen LogP contribution in [0.5, 0.6) is 5.75 Å². The molecule has 20 heavy (non-hydrogen) atoms. The average molecular weight is 278 g/mol. The second-order valence-electron chi connectivity index (χ2n) is 5.85. The van der Waals surface area contributed by atoms with Gasteiger partial charge in [0.15, 0.2) is 0 Å². The van der Waals surface area contributed by atoms with E-state index in [4.69, 9.17) is 4.74 Å². The molecule has 1 N–H and O–H groups in total. The van der Waals surface area contributed by atoms with Gasteiger partial charge in [-0.1, -0.05) is 26.8 Å². The van der Waals surface area contributed by atoms with E-state index < -0.39 is 0 Å². The van der Waals surface area contributed by atoms with E-state index in [1.54, 1.807) is 7.11 Å². The Hall–Kier alpha value is -1.06. The maximum atomic E-state index is 5.48. The summed E-state index contributed by atoms with van der Waals surface area (Å²) >= 11 is 0. The Kier molecular flexibility index (Phi) is 7.63. The van der Waals surface area contributed by atoms with Crippen molar-refractivity contribution >= 4 is 0 Å². The number of nitrogens with zero attached hydrogens (tertiary/aromatic N) is 1. The SMILES string of the molecule is CCNCc1ccc(OC)c(CN(C)CCC(C)C)c1. The highest BCUT2D eigenvalue weighted by molar-refractivity contribution is 5.37. The molecular formula is C17H30N2O. The van der Waals surface area contributed by atoms with Gasteiger partial charge in [-0.2, -0.15) is 0 Å². The van der Waals surface area contributed by atoms with Gasteiger partial charge in [0.25, 0.3) is 0 Å². The van der Waals surface area contributed by atoms with E-state index in [9.17, 15) is 0 Å². The molecule has 114 valence electrons. The molecule has 0 radical (unpaired) electrons. The number of nitrogens with one attached hydrogen (secondary N) is 1. The van der Waals surface area contributed by atoms with Gasteiger partial charge in [-0.3, -0.25) is 0 Å². The first kappa shape index (κ1) is 17.0. The van der Waals surface area contributed by atoms with Crippen LogP contribution in [0.2, 0.25) is 0 Å². The normalized spacial score (nSPS) is 11.3. The van der Waals surface area contributed by atoms with Crippen LogP contribution >= 0.6 is 0 Å². The lowest BCUT2D eigenvalue weighted by Crippen LogP contribution is -2.21. The van der Waals surface area contributed by atoms with Gasteiger partial charge >= 0.3 is 0 Å². The molecular weight excluding hydrogens is 248 g/mol. The maximum Gasteiger partial charge on any atom is 0.123 e. The van der Waals surface area contributed by atoms with E-state index in [2.05, 4.69) is 56.2 Å². The van der Waals surface area contributed by atoms with Crippen molar-refractivity contribution < 1.29 is 4.74 Å². The van der Waals surface area contributed by atoms with E-state index in [0.717, 1.165) is 37.8 Å². The van der Waals surface area contributed by atoms with Gasteiger partial charge in [0, 0.05) is 18.7 Å². The first-order valence-electron chi connectivity index (χ1n) is 7.61. The number of hydrogen-bond donors (Lipinski definition) is 1. The zero-order valence-electron chi connectivity index (χ0n) is 13.7. The summed E-state index contributed by atoms with van der Waals surface area (Å²) in [4.78, 5) is 2.37. The zero-order valence-corrected chi connectivity index (χ0v) is 13.7. The lowest BCUT2D eigenvalue weighted by atomic mass is 10.1. The molecule has 0 saturated heterocycles. The third kappa shape index (κ3) is 5.93. The van der Waals surface area contributed by atoms with Crippen molar-refractivity contribution in [2.75, 3.05) is 27.2 Å². The van der Waals surface area contributed by atoms with Gasteiger partial charge in [-0.05, 0) is 50.2 Å². The fraction of sp³-hybridized carbons (Fsp3) is 0.647. The molecule has 0 bridgehead atoms. The summed E-state index contributed by atoms with van der Waals surface area (Å²) in [6.07, 6.45) is 1.23. The first-order chi connectivity index (χ1) is 9.56. The lowest BCUT2D eigenvalue weighted by molar-refractivity contribution is 0.297. The number of hydrogen-bond acceptors (Lipinski definition) is 3. The molecule has 0 amide bonds. The van der Waals surface area contributed by atoms with Crippen molar-refractivity contribution in [2.45, 2.75) is 40.3 Å². The smallest absolute Gasteiger partial charge is 0.123 e. The summed E-state index contributed by atoms with van der Waals surface area (Å²) in [6, 6.07) is 6.48. The third-order valence-electron chi connectivity index (χ3n) is 3.45. The van der Waals surface area contributed by atoms with Crippen LogP contribution in [0, 0.1) is 5.92 Å². The van der Waals surface area contributed by atoms with Gasteiger partial charge in [0.05, 0.1) is 7.11 Å². The van der Waals surface area contributed by atoms with Gasteiger partial charge in [-0.25, -0.2) is 0 Å². The molecule has 0 saturated carbocycles. The molecule has 1 aromatic carbocycles. The van der Waals surface area contributed by atoms with E-state index >= 15 is 0 Å². The molecule has 0 aromatic heterocycles. The van der Waals surface area contributed by atoms with E-state index in [0.29, 0.717) is 0 Å². The largest absolute Gasteiger partial charge is 0.496 e. The Balaban J connectivity index is 2.69. The molecule has 0 aliphatic heterocycles.